The molecule has 0 aliphatic carbocycles. The molecule has 13 nitrogen and oxygen atoms in total. The minimum Gasteiger partial charge on any atom is -0.494 e. The van der Waals surface area contributed by atoms with Crippen LogP contribution in [0.2, 0.25) is 0 Å². The number of rotatable bonds is 14. The highest BCUT2D eigenvalue weighted by atomic mass is 16.7. The molecule has 0 amide bonds. The second-order valence-electron chi connectivity index (χ2n) is 10.6. The van der Waals surface area contributed by atoms with Crippen molar-refractivity contribution in [1.29, 1.82) is 0 Å². The van der Waals surface area contributed by atoms with Crippen molar-refractivity contribution in [1.82, 2.24) is 0 Å². The van der Waals surface area contributed by atoms with Crippen LogP contribution >= 0.6 is 0 Å². The molecule has 0 radical (unpaired) electrons. The fourth-order valence-electron chi connectivity index (χ4n) is 4.68. The minimum absolute atomic E-state index is 0.0476. The maximum absolute atomic E-state index is 12.3. The number of hydrogen-bond donors (Lipinski definition) is 0. The summed E-state index contributed by atoms with van der Waals surface area (Å²) < 4.78 is 45.0. The third kappa shape index (κ3) is 11.1. The molecule has 1 heterocycles. The second-order valence-corrected chi connectivity index (χ2v) is 10.6. The van der Waals surface area contributed by atoms with Gasteiger partial charge >= 0.3 is 29.8 Å². The van der Waals surface area contributed by atoms with E-state index in [0.717, 1.165) is 38.5 Å². The zero-order valence-corrected chi connectivity index (χ0v) is 26.8. The molecule has 0 aromatic heterocycles. The zero-order valence-electron chi connectivity index (χ0n) is 26.8. The number of ether oxygens (including phenoxy) is 8. The fraction of sp³-hybridized carbons (Fsp3) is 0.485. The van der Waals surface area contributed by atoms with Gasteiger partial charge in [-0.2, -0.15) is 0 Å². The molecule has 0 bridgehead atoms. The summed E-state index contributed by atoms with van der Waals surface area (Å²) in [5.41, 5.74) is 2.19. The molecule has 0 saturated carbocycles. The third-order valence-corrected chi connectivity index (χ3v) is 6.56. The Balaban J connectivity index is 2.05. The SMILES string of the molecule is CCCOc1ccc(Cc2ccc(COC(C)=O)cc2O[C@@H]2O[C@H](COC(C)=O)[C@@H](OC(C)=O)[C@H](OC(C)=O)[C@H]2OC(C)=O)cc1. The molecule has 1 aliphatic heterocycles. The lowest BCUT2D eigenvalue weighted by molar-refractivity contribution is -0.288. The molecule has 2 aromatic carbocycles. The average Bonchev–Trinajstić information content (AvgIpc) is 2.98. The number of carbonyl (C=O) groups is 5. The normalized spacial score (nSPS) is 20.5. The van der Waals surface area contributed by atoms with E-state index >= 15 is 0 Å². The summed E-state index contributed by atoms with van der Waals surface area (Å²) in [7, 11) is 0. The average molecular weight is 645 g/mol. The van der Waals surface area contributed by atoms with E-state index < -0.39 is 67.2 Å². The molecule has 2 aromatic rings. The smallest absolute Gasteiger partial charge is 0.303 e. The molecular formula is C33H40O13. The van der Waals surface area contributed by atoms with Crippen LogP contribution in [0.3, 0.4) is 0 Å². The highest BCUT2D eigenvalue weighted by Gasteiger charge is 2.53. The van der Waals surface area contributed by atoms with Crippen LogP contribution < -0.4 is 9.47 Å². The van der Waals surface area contributed by atoms with Crippen LogP contribution in [0.25, 0.3) is 0 Å². The lowest BCUT2D eigenvalue weighted by Gasteiger charge is -2.44. The van der Waals surface area contributed by atoms with Crippen LogP contribution in [0.5, 0.6) is 11.5 Å². The van der Waals surface area contributed by atoms with Crippen LogP contribution in [-0.2, 0) is 65.4 Å². The molecule has 1 aliphatic rings. The molecule has 46 heavy (non-hydrogen) atoms. The first-order valence-corrected chi connectivity index (χ1v) is 14.8. The highest BCUT2D eigenvalue weighted by molar-refractivity contribution is 5.69. The standard InChI is InChI=1S/C33H40O13/c1-7-14-39-27-12-9-24(10-13-27)15-26-11-8-25(17-40-19(2)34)16-28(26)45-33-32(44-23(6)38)31(43-22(5)37)30(42-21(4)36)29(46-33)18-41-20(3)35/h8-13,16,29-33H,7,14-15,17-18H2,1-6H3/t29-,30-,31+,32-,33-/m1/s1. The molecule has 0 N–H and O–H groups in total. The van der Waals surface area contributed by atoms with Gasteiger partial charge in [-0.15, -0.1) is 0 Å². The van der Waals surface area contributed by atoms with Crippen LogP contribution in [0.1, 0.15) is 64.7 Å². The molecule has 1 fully saturated rings. The van der Waals surface area contributed by atoms with E-state index in [2.05, 4.69) is 0 Å². The van der Waals surface area contributed by atoms with Gasteiger partial charge in [0.25, 0.3) is 0 Å². The predicted octanol–water partition coefficient (Wildman–Crippen LogP) is 3.59. The van der Waals surface area contributed by atoms with Crippen LogP contribution in [-0.4, -0.2) is 73.8 Å². The van der Waals surface area contributed by atoms with Gasteiger partial charge in [0.05, 0.1) is 6.61 Å². The van der Waals surface area contributed by atoms with Crippen molar-refractivity contribution in [3.63, 3.8) is 0 Å². The van der Waals surface area contributed by atoms with E-state index in [9.17, 15) is 24.0 Å². The molecule has 250 valence electrons. The van der Waals surface area contributed by atoms with Gasteiger partial charge < -0.3 is 37.9 Å². The summed E-state index contributed by atoms with van der Waals surface area (Å²) in [5, 5.41) is 0. The van der Waals surface area contributed by atoms with E-state index in [1.165, 1.54) is 13.8 Å². The van der Waals surface area contributed by atoms with E-state index in [4.69, 9.17) is 37.9 Å². The first-order valence-electron chi connectivity index (χ1n) is 14.8. The Morgan fingerprint density at radius 2 is 1.28 bits per heavy atom. The van der Waals surface area contributed by atoms with Gasteiger partial charge in [-0.3, -0.25) is 24.0 Å². The summed E-state index contributed by atoms with van der Waals surface area (Å²) in [6, 6.07) is 12.8. The summed E-state index contributed by atoms with van der Waals surface area (Å²) in [4.78, 5) is 59.7. The fourth-order valence-corrected chi connectivity index (χ4v) is 4.68. The van der Waals surface area contributed by atoms with Gasteiger partial charge in [-0.05, 0) is 41.3 Å². The molecule has 1 saturated heterocycles. The summed E-state index contributed by atoms with van der Waals surface area (Å²) in [6.45, 7) is 8.06. The maximum atomic E-state index is 12.3. The van der Waals surface area contributed by atoms with E-state index in [1.807, 2.05) is 31.2 Å². The molecule has 5 atom stereocenters. The zero-order chi connectivity index (χ0) is 33.8. The lowest BCUT2D eigenvalue weighted by atomic mass is 9.97. The Kier molecular flexibility index (Phi) is 13.4. The molecule has 13 heteroatoms. The van der Waals surface area contributed by atoms with E-state index in [0.29, 0.717) is 24.2 Å². The van der Waals surface area contributed by atoms with Gasteiger partial charge in [0.15, 0.2) is 12.2 Å². The summed E-state index contributed by atoms with van der Waals surface area (Å²) in [5.74, 6) is -2.37. The maximum Gasteiger partial charge on any atom is 0.303 e. The van der Waals surface area contributed by atoms with Crippen molar-refractivity contribution in [3.05, 3.63) is 59.2 Å². The molecule has 0 spiro atoms. The Morgan fingerprint density at radius 3 is 1.87 bits per heavy atom. The number of hydrogen-bond acceptors (Lipinski definition) is 13. The van der Waals surface area contributed by atoms with Gasteiger partial charge in [-0.1, -0.05) is 31.2 Å². The Bertz CT molecular complexity index is 1370. The lowest BCUT2D eigenvalue weighted by Crippen LogP contribution is -2.63. The molecule has 3 rings (SSSR count). The third-order valence-electron chi connectivity index (χ3n) is 6.56. The predicted molar refractivity (Wildman–Crippen MR) is 160 cm³/mol. The van der Waals surface area contributed by atoms with Gasteiger partial charge in [0.2, 0.25) is 12.4 Å². The number of benzene rings is 2. The Hall–Kier alpha value is -4.65. The van der Waals surface area contributed by atoms with Crippen LogP contribution in [0, 0.1) is 0 Å². The first kappa shape index (κ1) is 35.8. The first-order chi connectivity index (χ1) is 21.9. The van der Waals surface area contributed by atoms with Crippen molar-refractivity contribution in [2.75, 3.05) is 13.2 Å². The van der Waals surface area contributed by atoms with Crippen LogP contribution in [0.15, 0.2) is 42.5 Å². The van der Waals surface area contributed by atoms with Crippen molar-refractivity contribution in [2.24, 2.45) is 0 Å². The largest absolute Gasteiger partial charge is 0.494 e. The Labute approximate surface area is 267 Å². The van der Waals surface area contributed by atoms with Crippen molar-refractivity contribution >= 4 is 29.8 Å². The van der Waals surface area contributed by atoms with Crippen molar-refractivity contribution < 1.29 is 61.9 Å². The van der Waals surface area contributed by atoms with Gasteiger partial charge in [0.1, 0.15) is 30.8 Å². The van der Waals surface area contributed by atoms with Crippen molar-refractivity contribution in [2.45, 2.75) is 91.7 Å². The molecule has 0 unspecified atom stereocenters. The quantitative estimate of drug-likeness (QED) is 0.217. The van der Waals surface area contributed by atoms with Gasteiger partial charge in [0, 0.05) is 41.0 Å². The monoisotopic (exact) mass is 644 g/mol. The molecular weight excluding hydrogens is 604 g/mol. The van der Waals surface area contributed by atoms with E-state index in [-0.39, 0.29) is 12.4 Å². The summed E-state index contributed by atoms with van der Waals surface area (Å²) in [6.07, 6.45) is -5.49. The highest BCUT2D eigenvalue weighted by Crippen LogP contribution is 2.33. The number of esters is 5. The topological polar surface area (TPSA) is 159 Å². The number of carbonyl (C=O) groups excluding carboxylic acids is 5. The van der Waals surface area contributed by atoms with Crippen molar-refractivity contribution in [3.8, 4) is 11.5 Å². The van der Waals surface area contributed by atoms with E-state index in [1.54, 1.807) is 18.2 Å². The Morgan fingerprint density at radius 1 is 0.696 bits per heavy atom. The van der Waals surface area contributed by atoms with Gasteiger partial charge in [-0.25, -0.2) is 0 Å². The minimum atomic E-state index is -1.44. The summed E-state index contributed by atoms with van der Waals surface area (Å²) >= 11 is 0. The van der Waals surface area contributed by atoms with Crippen LogP contribution in [0.4, 0.5) is 0 Å². The second kappa shape index (κ2) is 17.2.